The molecule has 5 aromatic carbocycles. The Bertz CT molecular complexity index is 2100. The van der Waals surface area contributed by atoms with Crippen molar-refractivity contribution in [3.8, 4) is 0 Å². The lowest BCUT2D eigenvalue weighted by molar-refractivity contribution is 0.812. The van der Waals surface area contributed by atoms with Gasteiger partial charge in [-0.05, 0) is 81.8 Å². The molecule has 0 unspecified atom stereocenters. The molecule has 2 aromatic heterocycles. The van der Waals surface area contributed by atoms with Crippen LogP contribution in [-0.4, -0.2) is 23.7 Å². The van der Waals surface area contributed by atoms with Crippen LogP contribution in [0.5, 0.6) is 0 Å². The molecule has 0 saturated carbocycles. The lowest BCUT2D eigenvalue weighted by Gasteiger charge is -2.37. The second-order valence-electron chi connectivity index (χ2n) is 13.8. The van der Waals surface area contributed by atoms with Gasteiger partial charge in [0.25, 0.3) is 0 Å². The van der Waals surface area contributed by atoms with E-state index in [-0.39, 0.29) is 6.71 Å². The van der Waals surface area contributed by atoms with Crippen molar-refractivity contribution in [3.05, 3.63) is 102 Å². The number of aromatic nitrogens is 2. The average molecular weight is 574 g/mol. The molecule has 0 atom stereocenters. The Hall–Kier alpha value is -4.44. The van der Waals surface area contributed by atoms with Crippen LogP contribution in [0.25, 0.3) is 43.6 Å². The zero-order chi connectivity index (χ0) is 30.4. The SMILES string of the molecule is CC(C)c1cc(C(C)C)c(B2c3cc4[nH]c5ccccc5c4cc3N(C)c3cc4c(cc32)[nH]c2ccccc24)c(C(C)C)c1. The summed E-state index contributed by atoms with van der Waals surface area (Å²) in [5.74, 6) is 1.29. The third kappa shape index (κ3) is 3.89. The maximum Gasteiger partial charge on any atom is 0.247 e. The number of rotatable bonds is 4. The summed E-state index contributed by atoms with van der Waals surface area (Å²) in [6.07, 6.45) is 0. The zero-order valence-electron chi connectivity index (χ0n) is 26.8. The first kappa shape index (κ1) is 27.1. The first-order valence-electron chi connectivity index (χ1n) is 16.2. The molecule has 3 heterocycles. The summed E-state index contributed by atoms with van der Waals surface area (Å²) < 4.78 is 0. The van der Waals surface area contributed by atoms with Crippen LogP contribution < -0.4 is 21.3 Å². The molecule has 3 nitrogen and oxygen atoms in total. The molecular formula is C40H40BN3. The van der Waals surface area contributed by atoms with Crippen LogP contribution in [0.1, 0.15) is 76.0 Å². The standard InChI is InChI=1S/C40H40BN3/c1-22(2)25-16-28(23(3)4)40(29(17-25)24(5)6)41-32-20-36-30(26-12-8-10-14-34(26)42-36)18-38(32)44(7)39-19-31-27-13-9-11-15-35(27)43-37(31)21-33(39)41/h8-24,42-43H,1-7H3. The lowest BCUT2D eigenvalue weighted by Crippen LogP contribution is -2.59. The molecular weight excluding hydrogens is 533 g/mol. The van der Waals surface area contributed by atoms with Gasteiger partial charge in [0.15, 0.2) is 0 Å². The molecule has 7 aromatic rings. The van der Waals surface area contributed by atoms with Crippen molar-refractivity contribution < 1.29 is 0 Å². The fourth-order valence-corrected chi connectivity index (χ4v) is 7.80. The van der Waals surface area contributed by atoms with Crippen LogP contribution in [0.3, 0.4) is 0 Å². The van der Waals surface area contributed by atoms with Gasteiger partial charge in [0.1, 0.15) is 0 Å². The van der Waals surface area contributed by atoms with Gasteiger partial charge in [-0.2, -0.15) is 0 Å². The Morgan fingerprint density at radius 3 is 1.41 bits per heavy atom. The van der Waals surface area contributed by atoms with Gasteiger partial charge in [-0.15, -0.1) is 0 Å². The highest BCUT2D eigenvalue weighted by molar-refractivity contribution is 6.98. The molecule has 0 fully saturated rings. The number of aromatic amines is 2. The Labute approximate surface area is 260 Å². The number of nitrogens with zero attached hydrogens (tertiary/aromatic N) is 1. The van der Waals surface area contributed by atoms with E-state index < -0.39 is 0 Å². The number of hydrogen-bond acceptors (Lipinski definition) is 1. The molecule has 44 heavy (non-hydrogen) atoms. The van der Waals surface area contributed by atoms with E-state index in [0.717, 1.165) is 0 Å². The third-order valence-corrected chi connectivity index (χ3v) is 10.1. The van der Waals surface area contributed by atoms with Crippen molar-refractivity contribution in [3.63, 3.8) is 0 Å². The first-order valence-corrected chi connectivity index (χ1v) is 16.2. The van der Waals surface area contributed by atoms with Crippen molar-refractivity contribution in [1.82, 2.24) is 9.97 Å². The minimum absolute atomic E-state index is 0.110. The Kier molecular flexibility index (Phi) is 6.04. The molecule has 4 heteroatoms. The van der Waals surface area contributed by atoms with E-state index in [2.05, 4.69) is 148 Å². The van der Waals surface area contributed by atoms with Crippen LogP contribution in [0, 0.1) is 0 Å². The number of nitrogens with one attached hydrogen (secondary N) is 2. The van der Waals surface area contributed by atoms with Crippen molar-refractivity contribution in [2.24, 2.45) is 0 Å². The molecule has 2 N–H and O–H groups in total. The summed E-state index contributed by atoms with van der Waals surface area (Å²) in [6.45, 7) is 14.2. The molecule has 8 rings (SSSR count). The maximum atomic E-state index is 3.76. The second-order valence-corrected chi connectivity index (χ2v) is 13.8. The van der Waals surface area contributed by atoms with E-state index >= 15 is 0 Å². The van der Waals surface area contributed by atoms with Gasteiger partial charge in [0, 0.05) is 62.0 Å². The predicted octanol–water partition coefficient (Wildman–Crippen LogP) is 8.92. The summed E-state index contributed by atoms with van der Waals surface area (Å²) in [4.78, 5) is 9.96. The van der Waals surface area contributed by atoms with E-state index in [4.69, 9.17) is 0 Å². The lowest BCUT2D eigenvalue weighted by atomic mass is 9.33. The molecule has 0 amide bonds. The fraction of sp³-hybridized carbons (Fsp3) is 0.250. The van der Waals surface area contributed by atoms with Gasteiger partial charge in [-0.25, -0.2) is 0 Å². The summed E-state index contributed by atoms with van der Waals surface area (Å²) in [5.41, 5.74) is 16.0. The number of hydrogen-bond donors (Lipinski definition) is 2. The van der Waals surface area contributed by atoms with Gasteiger partial charge in [0.2, 0.25) is 6.71 Å². The predicted molar refractivity (Wildman–Crippen MR) is 193 cm³/mol. The summed E-state index contributed by atoms with van der Waals surface area (Å²) in [5, 5.41) is 5.12. The number of para-hydroxylation sites is 2. The molecule has 218 valence electrons. The maximum absolute atomic E-state index is 3.76. The first-order chi connectivity index (χ1) is 21.2. The summed E-state index contributed by atoms with van der Waals surface area (Å²) in [6, 6.07) is 32.2. The quantitative estimate of drug-likeness (QED) is 0.203. The number of H-pyrrole nitrogens is 2. The minimum atomic E-state index is 0.110. The normalized spacial score (nSPS) is 13.4. The highest BCUT2D eigenvalue weighted by atomic mass is 15.1. The van der Waals surface area contributed by atoms with E-state index in [0.29, 0.717) is 17.8 Å². The molecule has 1 aliphatic heterocycles. The fourth-order valence-electron chi connectivity index (χ4n) is 7.80. The highest BCUT2D eigenvalue weighted by Gasteiger charge is 2.38. The van der Waals surface area contributed by atoms with Crippen LogP contribution in [0.15, 0.2) is 84.9 Å². The average Bonchev–Trinajstić information content (AvgIpc) is 3.56. The monoisotopic (exact) mass is 573 g/mol. The van der Waals surface area contributed by atoms with Crippen LogP contribution in [0.2, 0.25) is 0 Å². The van der Waals surface area contributed by atoms with Crippen LogP contribution >= 0.6 is 0 Å². The van der Waals surface area contributed by atoms with Gasteiger partial charge >= 0.3 is 0 Å². The van der Waals surface area contributed by atoms with Gasteiger partial charge in [0.05, 0.1) is 0 Å². The number of fused-ring (bicyclic) bond motifs is 8. The Balaban J connectivity index is 1.51. The van der Waals surface area contributed by atoms with Crippen molar-refractivity contribution >= 4 is 78.1 Å². The molecule has 0 bridgehead atoms. The van der Waals surface area contributed by atoms with Crippen LogP contribution in [-0.2, 0) is 0 Å². The van der Waals surface area contributed by atoms with E-state index in [1.165, 1.54) is 88.1 Å². The van der Waals surface area contributed by atoms with Crippen LogP contribution in [0.4, 0.5) is 11.4 Å². The third-order valence-electron chi connectivity index (χ3n) is 10.1. The van der Waals surface area contributed by atoms with Crippen molar-refractivity contribution in [1.29, 1.82) is 0 Å². The zero-order valence-corrected chi connectivity index (χ0v) is 26.8. The number of anilines is 2. The minimum Gasteiger partial charge on any atom is -0.355 e. The van der Waals surface area contributed by atoms with Gasteiger partial charge < -0.3 is 14.9 Å². The van der Waals surface area contributed by atoms with Crippen molar-refractivity contribution in [2.75, 3.05) is 11.9 Å². The molecule has 0 aliphatic carbocycles. The van der Waals surface area contributed by atoms with Gasteiger partial charge in [-0.3, -0.25) is 0 Å². The number of benzene rings is 5. The molecule has 0 saturated heterocycles. The summed E-state index contributed by atoms with van der Waals surface area (Å²) in [7, 11) is 2.25. The molecule has 0 radical (unpaired) electrons. The highest BCUT2D eigenvalue weighted by Crippen LogP contribution is 2.37. The summed E-state index contributed by atoms with van der Waals surface area (Å²) >= 11 is 0. The second kappa shape index (κ2) is 9.79. The van der Waals surface area contributed by atoms with E-state index in [9.17, 15) is 0 Å². The smallest absolute Gasteiger partial charge is 0.247 e. The molecule has 1 aliphatic rings. The largest absolute Gasteiger partial charge is 0.355 e. The Morgan fingerprint density at radius 1 is 0.523 bits per heavy atom. The van der Waals surface area contributed by atoms with E-state index in [1.807, 2.05) is 0 Å². The topological polar surface area (TPSA) is 34.8 Å². The van der Waals surface area contributed by atoms with Gasteiger partial charge in [-0.1, -0.05) is 95.5 Å². The molecule has 0 spiro atoms. The van der Waals surface area contributed by atoms with Crippen molar-refractivity contribution in [2.45, 2.75) is 59.3 Å². The van der Waals surface area contributed by atoms with E-state index in [1.54, 1.807) is 0 Å². The Morgan fingerprint density at radius 2 is 0.977 bits per heavy atom.